The van der Waals surface area contributed by atoms with E-state index in [0.717, 1.165) is 50.0 Å². The van der Waals surface area contributed by atoms with Crippen LogP contribution in [0.3, 0.4) is 0 Å². The lowest BCUT2D eigenvalue weighted by atomic mass is 9.98. The molecule has 2 N–H and O–H groups in total. The zero-order chi connectivity index (χ0) is 22.3. The summed E-state index contributed by atoms with van der Waals surface area (Å²) < 4.78 is 25.4. The van der Waals surface area contributed by atoms with E-state index in [1.807, 2.05) is 24.3 Å². The fourth-order valence-electron chi connectivity index (χ4n) is 3.90. The van der Waals surface area contributed by atoms with Crippen molar-refractivity contribution in [2.45, 2.75) is 25.4 Å². The maximum absolute atomic E-state index is 14.2. The third kappa shape index (κ3) is 5.73. The number of benzene rings is 1. The van der Waals surface area contributed by atoms with Crippen LogP contribution in [0.25, 0.3) is 0 Å². The molecule has 2 aliphatic rings. The zero-order valence-corrected chi connectivity index (χ0v) is 17.9. The van der Waals surface area contributed by atoms with E-state index < -0.39 is 5.82 Å². The van der Waals surface area contributed by atoms with Crippen LogP contribution >= 0.6 is 0 Å². The van der Waals surface area contributed by atoms with Crippen LogP contribution in [0.15, 0.2) is 43.1 Å². The molecule has 170 valence electrons. The summed E-state index contributed by atoms with van der Waals surface area (Å²) in [7, 11) is 0. The topological polar surface area (TPSA) is 88.6 Å². The largest absolute Gasteiger partial charge is 0.488 e. The van der Waals surface area contributed by atoms with Crippen LogP contribution in [0.1, 0.15) is 19.3 Å². The van der Waals surface area contributed by atoms with Crippen LogP contribution in [0, 0.1) is 11.7 Å². The van der Waals surface area contributed by atoms with Crippen molar-refractivity contribution in [3.63, 3.8) is 0 Å². The van der Waals surface area contributed by atoms with Crippen molar-refractivity contribution in [3.05, 3.63) is 48.9 Å². The number of likely N-dealkylation sites (tertiary alicyclic amines) is 1. The number of rotatable bonds is 8. The van der Waals surface area contributed by atoms with E-state index in [1.165, 1.54) is 6.08 Å². The molecule has 2 aliphatic heterocycles. The molecule has 0 aliphatic carbocycles. The number of carbonyl (C=O) groups excluding carboxylic acids is 1. The van der Waals surface area contributed by atoms with Crippen LogP contribution in [0.2, 0.25) is 0 Å². The van der Waals surface area contributed by atoms with E-state index in [0.29, 0.717) is 25.6 Å². The lowest BCUT2D eigenvalue weighted by molar-refractivity contribution is -0.127. The average Bonchev–Trinajstić information content (AvgIpc) is 3.33. The maximum atomic E-state index is 14.2. The SMILES string of the molecule is C=CC(=O)N1CCC[C@@H](CNc2nc(Nc3ccc(O[C@@H]4CCOC4)cc3)ncc2F)C1. The Bertz CT molecular complexity index is 934. The number of ether oxygens (including phenoxy) is 2. The van der Waals surface area contributed by atoms with Gasteiger partial charge in [-0.15, -0.1) is 0 Å². The minimum Gasteiger partial charge on any atom is -0.488 e. The minimum atomic E-state index is -0.520. The van der Waals surface area contributed by atoms with Gasteiger partial charge in [0.25, 0.3) is 0 Å². The molecule has 1 amide bonds. The van der Waals surface area contributed by atoms with Crippen molar-refractivity contribution in [2.75, 3.05) is 43.5 Å². The second kappa shape index (κ2) is 10.4. The summed E-state index contributed by atoms with van der Waals surface area (Å²) in [5.74, 6) is 0.825. The van der Waals surface area contributed by atoms with E-state index in [1.54, 1.807) is 4.90 Å². The highest BCUT2D eigenvalue weighted by molar-refractivity contribution is 5.87. The highest BCUT2D eigenvalue weighted by Gasteiger charge is 2.22. The standard InChI is InChI=1S/C23H28FN5O3/c1-2-21(30)29-10-3-4-16(14-29)12-25-22-20(24)13-26-23(28-22)27-17-5-7-18(8-6-17)32-19-9-11-31-15-19/h2,5-8,13,16,19H,1,3-4,9-12,14-15H2,(H2,25,26,27,28)/t16-,19+/m0/s1. The predicted octanol–water partition coefficient (Wildman–Crippen LogP) is 3.36. The Kier molecular flexibility index (Phi) is 7.16. The highest BCUT2D eigenvalue weighted by atomic mass is 19.1. The molecule has 0 bridgehead atoms. The van der Waals surface area contributed by atoms with Crippen molar-refractivity contribution >= 4 is 23.4 Å². The summed E-state index contributed by atoms with van der Waals surface area (Å²) in [5.41, 5.74) is 0.767. The first kappa shape index (κ1) is 22.0. The molecule has 0 radical (unpaired) electrons. The molecule has 0 spiro atoms. The molecule has 0 saturated carbocycles. The van der Waals surface area contributed by atoms with E-state index in [2.05, 4.69) is 27.2 Å². The second-order valence-corrected chi connectivity index (χ2v) is 8.02. The molecule has 0 unspecified atom stereocenters. The molecule has 32 heavy (non-hydrogen) atoms. The van der Waals surface area contributed by atoms with E-state index in [-0.39, 0.29) is 23.7 Å². The first-order valence-corrected chi connectivity index (χ1v) is 10.9. The van der Waals surface area contributed by atoms with Gasteiger partial charge < -0.3 is 25.0 Å². The van der Waals surface area contributed by atoms with Gasteiger partial charge in [-0.2, -0.15) is 4.98 Å². The molecule has 1 aromatic heterocycles. The van der Waals surface area contributed by atoms with Crippen molar-refractivity contribution < 1.29 is 18.7 Å². The Balaban J connectivity index is 1.33. The van der Waals surface area contributed by atoms with Gasteiger partial charge in [0.05, 0.1) is 19.4 Å². The Morgan fingerprint density at radius 2 is 2.19 bits per heavy atom. The van der Waals surface area contributed by atoms with Gasteiger partial charge in [-0.25, -0.2) is 9.37 Å². The summed E-state index contributed by atoms with van der Waals surface area (Å²) in [6.07, 6.45) is 5.34. The minimum absolute atomic E-state index is 0.0672. The second-order valence-electron chi connectivity index (χ2n) is 8.02. The number of aromatic nitrogens is 2. The summed E-state index contributed by atoms with van der Waals surface area (Å²) >= 11 is 0. The van der Waals surface area contributed by atoms with Gasteiger partial charge in [-0.3, -0.25) is 4.79 Å². The first-order chi connectivity index (χ1) is 15.6. The smallest absolute Gasteiger partial charge is 0.245 e. The number of halogens is 1. The van der Waals surface area contributed by atoms with E-state index >= 15 is 0 Å². The summed E-state index contributed by atoms with van der Waals surface area (Å²) in [5, 5.41) is 6.16. The van der Waals surface area contributed by atoms with Crippen LogP contribution in [-0.2, 0) is 9.53 Å². The quantitative estimate of drug-likeness (QED) is 0.607. The average molecular weight is 442 g/mol. The zero-order valence-electron chi connectivity index (χ0n) is 17.9. The fraction of sp³-hybridized carbons (Fsp3) is 0.435. The third-order valence-electron chi connectivity index (χ3n) is 5.61. The number of hydrogen-bond acceptors (Lipinski definition) is 7. The number of piperidine rings is 1. The number of nitrogens with zero attached hydrogens (tertiary/aromatic N) is 3. The molecule has 2 atom stereocenters. The van der Waals surface area contributed by atoms with Gasteiger partial charge in [0.15, 0.2) is 11.6 Å². The Morgan fingerprint density at radius 1 is 1.34 bits per heavy atom. The number of amides is 1. The molecule has 4 rings (SSSR count). The number of nitrogens with one attached hydrogen (secondary N) is 2. The van der Waals surface area contributed by atoms with Crippen LogP contribution in [0.4, 0.5) is 21.8 Å². The fourth-order valence-corrected chi connectivity index (χ4v) is 3.90. The lowest BCUT2D eigenvalue weighted by Gasteiger charge is -2.32. The summed E-state index contributed by atoms with van der Waals surface area (Å²) in [6, 6.07) is 7.45. The predicted molar refractivity (Wildman–Crippen MR) is 120 cm³/mol. The molecule has 9 heteroatoms. The normalized spacial score (nSPS) is 20.6. The van der Waals surface area contributed by atoms with Gasteiger partial charge in [-0.05, 0) is 49.1 Å². The highest BCUT2D eigenvalue weighted by Crippen LogP contribution is 2.23. The molecular formula is C23H28FN5O3. The van der Waals surface area contributed by atoms with Gasteiger partial charge >= 0.3 is 0 Å². The van der Waals surface area contributed by atoms with Crippen LogP contribution < -0.4 is 15.4 Å². The molecule has 2 fully saturated rings. The van der Waals surface area contributed by atoms with Crippen molar-refractivity contribution in [2.24, 2.45) is 5.92 Å². The van der Waals surface area contributed by atoms with Gasteiger partial charge in [0.1, 0.15) is 11.9 Å². The number of anilines is 3. The molecule has 2 saturated heterocycles. The maximum Gasteiger partial charge on any atom is 0.245 e. The molecule has 3 heterocycles. The molecule has 1 aromatic carbocycles. The van der Waals surface area contributed by atoms with Crippen LogP contribution in [0.5, 0.6) is 5.75 Å². The van der Waals surface area contributed by atoms with Crippen molar-refractivity contribution in [1.29, 1.82) is 0 Å². The number of carbonyl (C=O) groups is 1. The first-order valence-electron chi connectivity index (χ1n) is 10.9. The Labute approximate surface area is 186 Å². The van der Waals surface area contributed by atoms with Gasteiger partial charge in [0.2, 0.25) is 11.9 Å². The molecule has 8 nitrogen and oxygen atoms in total. The summed E-state index contributed by atoms with van der Waals surface area (Å²) in [4.78, 5) is 21.9. The van der Waals surface area contributed by atoms with Crippen molar-refractivity contribution in [1.82, 2.24) is 14.9 Å². The Hall–Kier alpha value is -3.20. The summed E-state index contributed by atoms with van der Waals surface area (Å²) in [6.45, 7) is 6.76. The monoisotopic (exact) mass is 441 g/mol. The molecular weight excluding hydrogens is 413 g/mol. The van der Waals surface area contributed by atoms with Gasteiger partial charge in [0, 0.05) is 31.7 Å². The number of hydrogen-bond donors (Lipinski definition) is 2. The Morgan fingerprint density at radius 3 is 2.94 bits per heavy atom. The lowest BCUT2D eigenvalue weighted by Crippen LogP contribution is -2.41. The molecule has 2 aromatic rings. The van der Waals surface area contributed by atoms with Crippen LogP contribution in [-0.4, -0.2) is 59.7 Å². The third-order valence-corrected chi connectivity index (χ3v) is 5.61. The van der Waals surface area contributed by atoms with E-state index in [9.17, 15) is 9.18 Å². The van der Waals surface area contributed by atoms with E-state index in [4.69, 9.17) is 9.47 Å². The van der Waals surface area contributed by atoms with Gasteiger partial charge in [-0.1, -0.05) is 6.58 Å². The van der Waals surface area contributed by atoms with Crippen molar-refractivity contribution in [3.8, 4) is 5.75 Å².